The Labute approximate surface area is 53.4 Å². The second kappa shape index (κ2) is 3.23. The smallest absolute Gasteiger partial charge is 0.0964 e. The molecule has 0 saturated carbocycles. The Morgan fingerprint density at radius 3 is 2.75 bits per heavy atom. The quantitative estimate of drug-likeness (QED) is 0.481. The van der Waals surface area contributed by atoms with Crippen LogP contribution in [0.15, 0.2) is 11.7 Å². The van der Waals surface area contributed by atoms with E-state index in [1.54, 1.807) is 11.7 Å². The predicted molar refractivity (Wildman–Crippen MR) is 36.8 cm³/mol. The van der Waals surface area contributed by atoms with Crippen molar-refractivity contribution < 1.29 is 0 Å². The Balaban J connectivity index is 0.000000490. The maximum absolute atomic E-state index is 5.01. The molecule has 0 aliphatic carbocycles. The van der Waals surface area contributed by atoms with Gasteiger partial charge in [0, 0.05) is 0 Å². The van der Waals surface area contributed by atoms with Gasteiger partial charge < -0.3 is 0 Å². The van der Waals surface area contributed by atoms with E-state index in [0.29, 0.717) is 0 Å². The molecule has 0 aliphatic heterocycles. The van der Waals surface area contributed by atoms with Crippen molar-refractivity contribution in [1.82, 2.24) is 4.98 Å². The summed E-state index contributed by atoms with van der Waals surface area (Å²) in [5, 5.41) is 0. The van der Waals surface area contributed by atoms with Gasteiger partial charge in [-0.1, -0.05) is 13.3 Å². The highest BCUT2D eigenvalue weighted by atomic mass is 32.1. The molecule has 1 heterocycles. The zero-order valence-corrected chi connectivity index (χ0v) is 4.40. The highest BCUT2D eigenvalue weighted by Gasteiger charge is 1.80. The van der Waals surface area contributed by atoms with Crippen LogP contribution in [0.5, 0.6) is 0 Å². The van der Waals surface area contributed by atoms with Crippen LogP contribution in [0.1, 0.15) is 12.3 Å². The lowest BCUT2D eigenvalue weighted by Gasteiger charge is -1.64. The molecule has 0 amide bonds. The van der Waals surface area contributed by atoms with Gasteiger partial charge in [0.2, 0.25) is 0 Å². The van der Waals surface area contributed by atoms with Crippen molar-refractivity contribution >= 4 is 11.3 Å². The summed E-state index contributed by atoms with van der Waals surface area (Å²) in [5.41, 5.74) is 1.72. The molecule has 0 fully saturated rings. The van der Waals surface area contributed by atoms with Crippen LogP contribution >= 0.6 is 11.3 Å². The molecule has 1 rings (SSSR count). The molecule has 1 nitrogen and oxygen atoms in total. The van der Waals surface area contributed by atoms with Gasteiger partial charge in [-0.3, -0.25) is 4.98 Å². The lowest BCUT2D eigenvalue weighted by molar-refractivity contribution is 1.42. The van der Waals surface area contributed by atoms with Crippen LogP contribution in [-0.2, 0) is 0 Å². The predicted octanol–water partition coefficient (Wildman–Crippen LogP) is 1.76. The second-order valence-electron chi connectivity index (χ2n) is 1.01. The average molecular weight is 125 g/mol. The third kappa shape index (κ3) is 1.36. The van der Waals surface area contributed by atoms with Crippen LogP contribution in [0.3, 0.4) is 0 Å². The van der Waals surface area contributed by atoms with Crippen LogP contribution < -0.4 is 0 Å². The van der Waals surface area contributed by atoms with E-state index in [1.165, 1.54) is 11.3 Å². The Kier molecular flexibility index (Phi) is 2.90. The Hall–Kier alpha value is -0.810. The van der Waals surface area contributed by atoms with Gasteiger partial charge in [-0.15, -0.1) is 17.8 Å². The first-order valence-electron chi connectivity index (χ1n) is 1.78. The van der Waals surface area contributed by atoms with E-state index >= 15 is 0 Å². The summed E-state index contributed by atoms with van der Waals surface area (Å²) in [4.78, 5) is 4.66. The van der Waals surface area contributed by atoms with Gasteiger partial charge in [0.15, 0.2) is 0 Å². The minimum atomic E-state index is 0. The minimum absolute atomic E-state index is 0. The monoisotopic (exact) mass is 125 g/mol. The fraction of sp³-hybridized carbons (Fsp3) is 0.167. The fourth-order valence-electron chi connectivity index (χ4n) is 0.287. The molecule has 0 atom stereocenters. The van der Waals surface area contributed by atoms with Gasteiger partial charge in [-0.05, 0) is 0 Å². The summed E-state index contributed by atoms with van der Waals surface area (Å²) >= 11 is 1.48. The number of hydrogen-bond acceptors (Lipinski definition) is 2. The van der Waals surface area contributed by atoms with Gasteiger partial charge in [-0.25, -0.2) is 0 Å². The molecule has 2 heteroatoms. The van der Waals surface area contributed by atoms with Crippen molar-refractivity contribution in [3.05, 3.63) is 16.6 Å². The topological polar surface area (TPSA) is 12.9 Å². The molecule has 0 saturated heterocycles. The molecule has 0 spiro atoms. The van der Waals surface area contributed by atoms with E-state index in [9.17, 15) is 0 Å². The molecule has 8 heavy (non-hydrogen) atoms. The molecule has 42 valence electrons. The molecule has 0 radical (unpaired) electrons. The van der Waals surface area contributed by atoms with Crippen LogP contribution in [-0.4, -0.2) is 4.98 Å². The average Bonchev–Trinajstić information content (AvgIpc) is 2.14. The van der Waals surface area contributed by atoms with Crippen molar-refractivity contribution in [2.24, 2.45) is 0 Å². The van der Waals surface area contributed by atoms with Crippen LogP contribution in [0.25, 0.3) is 0 Å². The van der Waals surface area contributed by atoms with E-state index < -0.39 is 0 Å². The Morgan fingerprint density at radius 2 is 2.50 bits per heavy atom. The number of rotatable bonds is 0. The lowest BCUT2D eigenvalue weighted by atomic mass is 10.6. The van der Waals surface area contributed by atoms with Crippen LogP contribution in [0.4, 0.5) is 0 Å². The number of nitrogens with zero attached hydrogens (tertiary/aromatic N) is 1. The van der Waals surface area contributed by atoms with Crippen molar-refractivity contribution in [3.63, 3.8) is 0 Å². The Bertz CT molecular complexity index is 171. The SMILES string of the molecule is C.C#Cc1cncs1. The highest BCUT2D eigenvalue weighted by Crippen LogP contribution is 2.00. The molecule has 0 N–H and O–H groups in total. The zero-order chi connectivity index (χ0) is 5.11. The van der Waals surface area contributed by atoms with Crippen LogP contribution in [0.2, 0.25) is 0 Å². The summed E-state index contributed by atoms with van der Waals surface area (Å²) < 4.78 is 0. The van der Waals surface area contributed by atoms with Crippen molar-refractivity contribution in [2.75, 3.05) is 0 Å². The number of terminal acetylenes is 1. The second-order valence-corrected chi connectivity index (χ2v) is 1.90. The zero-order valence-electron chi connectivity index (χ0n) is 3.59. The summed E-state index contributed by atoms with van der Waals surface area (Å²) in [7, 11) is 0. The summed E-state index contributed by atoms with van der Waals surface area (Å²) in [5.74, 6) is 2.46. The maximum atomic E-state index is 5.01. The largest absolute Gasteiger partial charge is 0.252 e. The molecular formula is C6H7NS. The maximum Gasteiger partial charge on any atom is 0.0964 e. The first kappa shape index (κ1) is 7.19. The summed E-state index contributed by atoms with van der Waals surface area (Å²) in [6.07, 6.45) is 6.69. The van der Waals surface area contributed by atoms with E-state index in [1.807, 2.05) is 0 Å². The van der Waals surface area contributed by atoms with Gasteiger partial charge in [-0.2, -0.15) is 0 Å². The molecule has 0 unspecified atom stereocenters. The lowest BCUT2D eigenvalue weighted by Crippen LogP contribution is -1.53. The fourth-order valence-corrected chi connectivity index (χ4v) is 0.712. The van der Waals surface area contributed by atoms with Gasteiger partial charge in [0.1, 0.15) is 0 Å². The number of hydrogen-bond donors (Lipinski definition) is 0. The summed E-state index contributed by atoms with van der Waals surface area (Å²) in [6, 6.07) is 0. The normalized spacial score (nSPS) is 6.88. The van der Waals surface area contributed by atoms with E-state index in [0.717, 1.165) is 4.88 Å². The minimum Gasteiger partial charge on any atom is -0.252 e. The van der Waals surface area contributed by atoms with Crippen molar-refractivity contribution in [1.29, 1.82) is 0 Å². The van der Waals surface area contributed by atoms with E-state index in [4.69, 9.17) is 6.42 Å². The van der Waals surface area contributed by atoms with Gasteiger partial charge in [0.05, 0.1) is 16.6 Å². The third-order valence-corrected chi connectivity index (χ3v) is 1.28. The Morgan fingerprint density at radius 1 is 1.75 bits per heavy atom. The summed E-state index contributed by atoms with van der Waals surface area (Å²) in [6.45, 7) is 0. The molecule has 0 aromatic carbocycles. The number of aromatic nitrogens is 1. The third-order valence-electron chi connectivity index (χ3n) is 0.575. The number of thiazole rings is 1. The highest BCUT2D eigenvalue weighted by molar-refractivity contribution is 7.10. The van der Waals surface area contributed by atoms with Crippen molar-refractivity contribution in [2.45, 2.75) is 7.43 Å². The van der Waals surface area contributed by atoms with E-state index in [2.05, 4.69) is 10.9 Å². The molecular weight excluding hydrogens is 118 g/mol. The van der Waals surface area contributed by atoms with Crippen molar-refractivity contribution in [3.8, 4) is 12.3 Å². The molecule has 0 aliphatic rings. The van der Waals surface area contributed by atoms with Crippen LogP contribution in [0, 0.1) is 12.3 Å². The molecule has 1 aromatic rings. The standard InChI is InChI=1S/C5H3NS.CH4/c1-2-5-3-6-4-7-5;/h1,3-4H;1H4. The first-order valence-corrected chi connectivity index (χ1v) is 2.66. The van der Waals surface area contributed by atoms with Gasteiger partial charge in [0.25, 0.3) is 0 Å². The van der Waals surface area contributed by atoms with E-state index in [-0.39, 0.29) is 7.43 Å². The molecule has 0 bridgehead atoms. The molecule has 1 aromatic heterocycles. The first-order chi connectivity index (χ1) is 3.43. The van der Waals surface area contributed by atoms with Gasteiger partial charge >= 0.3 is 0 Å².